The summed E-state index contributed by atoms with van der Waals surface area (Å²) in [7, 11) is 1.48. The number of methoxy groups -OCH3 is 1. The molecule has 0 fully saturated rings. The molecule has 0 aromatic heterocycles. The summed E-state index contributed by atoms with van der Waals surface area (Å²) >= 11 is 0. The molecule has 0 amide bonds. The Morgan fingerprint density at radius 3 is 2.67 bits per heavy atom. The van der Waals surface area contributed by atoms with Crippen molar-refractivity contribution in [2.45, 2.75) is 19.4 Å². The zero-order valence-electron chi connectivity index (χ0n) is 10.1. The molecule has 0 bridgehead atoms. The average molecular weight is 260 g/mol. The molecule has 1 atom stereocenters. The molecule has 1 aromatic rings. The van der Waals surface area contributed by atoms with Crippen LogP contribution in [0.15, 0.2) is 12.1 Å². The Labute approximate surface area is 103 Å². The fourth-order valence-corrected chi connectivity index (χ4v) is 1.54. The lowest BCUT2D eigenvalue weighted by atomic mass is 10.2. The van der Waals surface area contributed by atoms with Gasteiger partial charge in [-0.25, -0.2) is 4.39 Å². The molecule has 5 nitrogen and oxygen atoms in total. The second-order valence-electron chi connectivity index (χ2n) is 3.75. The van der Waals surface area contributed by atoms with Crippen molar-refractivity contribution in [3.05, 3.63) is 33.9 Å². The summed E-state index contributed by atoms with van der Waals surface area (Å²) in [6.45, 7) is 2.12. The third-order valence-corrected chi connectivity index (χ3v) is 2.43. The molecule has 18 heavy (non-hydrogen) atoms. The molecule has 1 aromatic carbocycles. The van der Waals surface area contributed by atoms with E-state index in [1.165, 1.54) is 7.11 Å². The van der Waals surface area contributed by atoms with Crippen molar-refractivity contribution in [1.82, 2.24) is 0 Å². The van der Waals surface area contributed by atoms with E-state index >= 15 is 0 Å². The number of nitrogens with zero attached hydrogens (tertiary/aromatic N) is 1. The van der Waals surface area contributed by atoms with E-state index in [4.69, 9.17) is 4.74 Å². The van der Waals surface area contributed by atoms with Crippen LogP contribution in [-0.2, 0) is 4.74 Å². The summed E-state index contributed by atoms with van der Waals surface area (Å²) in [5.74, 6) is -2.07. The van der Waals surface area contributed by atoms with Crippen molar-refractivity contribution in [2.24, 2.45) is 0 Å². The molecule has 0 aliphatic heterocycles. The minimum absolute atomic E-state index is 0.179. The van der Waals surface area contributed by atoms with Gasteiger partial charge >= 0.3 is 5.69 Å². The molecule has 0 radical (unpaired) electrons. The first-order valence-corrected chi connectivity index (χ1v) is 5.38. The normalized spacial score (nSPS) is 12.2. The Morgan fingerprint density at radius 1 is 1.50 bits per heavy atom. The van der Waals surface area contributed by atoms with Crippen molar-refractivity contribution in [3.8, 4) is 0 Å². The van der Waals surface area contributed by atoms with Crippen LogP contribution in [0, 0.1) is 21.7 Å². The lowest BCUT2D eigenvalue weighted by Gasteiger charge is -2.17. The molecular weight excluding hydrogens is 246 g/mol. The largest absolute Gasteiger partial charge is 0.383 e. The summed E-state index contributed by atoms with van der Waals surface area (Å²) in [5.41, 5.74) is -0.938. The van der Waals surface area contributed by atoms with Gasteiger partial charge in [-0.15, -0.1) is 0 Å². The van der Waals surface area contributed by atoms with E-state index < -0.39 is 22.2 Å². The van der Waals surface area contributed by atoms with E-state index in [0.717, 1.165) is 6.07 Å². The van der Waals surface area contributed by atoms with E-state index in [1.807, 2.05) is 6.92 Å². The molecule has 1 unspecified atom stereocenters. The van der Waals surface area contributed by atoms with Gasteiger partial charge in [-0.1, -0.05) is 6.92 Å². The van der Waals surface area contributed by atoms with Crippen molar-refractivity contribution in [1.29, 1.82) is 0 Å². The monoisotopic (exact) mass is 260 g/mol. The van der Waals surface area contributed by atoms with Gasteiger partial charge < -0.3 is 10.1 Å². The molecule has 0 saturated carbocycles. The van der Waals surface area contributed by atoms with Crippen LogP contribution in [0.4, 0.5) is 20.2 Å². The quantitative estimate of drug-likeness (QED) is 0.631. The fraction of sp³-hybridized carbons (Fsp3) is 0.455. The standard InChI is InChI=1S/C11H14F2N2O3/c1-3-8(6-18-2)14-10-5-7(12)4-9(13)11(10)15(16)17/h4-5,8,14H,3,6H2,1-2H3. The molecule has 1 N–H and O–H groups in total. The smallest absolute Gasteiger partial charge is 0.327 e. The van der Waals surface area contributed by atoms with Crippen molar-refractivity contribution in [2.75, 3.05) is 19.0 Å². The van der Waals surface area contributed by atoms with Gasteiger partial charge in [-0.3, -0.25) is 10.1 Å². The van der Waals surface area contributed by atoms with E-state index in [0.29, 0.717) is 12.5 Å². The number of rotatable bonds is 6. The first-order valence-electron chi connectivity index (χ1n) is 5.38. The van der Waals surface area contributed by atoms with E-state index in [1.54, 1.807) is 0 Å². The highest BCUT2D eigenvalue weighted by Crippen LogP contribution is 2.29. The average Bonchev–Trinajstić information content (AvgIpc) is 2.26. The maximum atomic E-state index is 13.3. The summed E-state index contributed by atoms with van der Waals surface area (Å²) in [6.07, 6.45) is 0.600. The predicted molar refractivity (Wildman–Crippen MR) is 62.6 cm³/mol. The van der Waals surface area contributed by atoms with Gasteiger partial charge in [-0.2, -0.15) is 4.39 Å². The fourth-order valence-electron chi connectivity index (χ4n) is 1.54. The van der Waals surface area contributed by atoms with Gasteiger partial charge in [0, 0.05) is 25.3 Å². The van der Waals surface area contributed by atoms with Crippen LogP contribution in [-0.4, -0.2) is 24.7 Å². The molecule has 0 heterocycles. The summed E-state index contributed by atoms with van der Waals surface area (Å²) in [4.78, 5) is 9.88. The van der Waals surface area contributed by atoms with Gasteiger partial charge in [0.25, 0.3) is 0 Å². The minimum Gasteiger partial charge on any atom is -0.383 e. The number of hydrogen-bond donors (Lipinski definition) is 1. The molecule has 0 spiro atoms. The summed E-state index contributed by atoms with van der Waals surface area (Å²) < 4.78 is 31.3. The Morgan fingerprint density at radius 2 is 2.17 bits per heavy atom. The topological polar surface area (TPSA) is 64.4 Å². The number of hydrogen-bond acceptors (Lipinski definition) is 4. The van der Waals surface area contributed by atoms with Gasteiger partial charge in [0.15, 0.2) is 0 Å². The molecule has 1 rings (SSSR count). The molecular formula is C11H14F2N2O3. The van der Waals surface area contributed by atoms with Gasteiger partial charge in [0.2, 0.25) is 5.82 Å². The molecule has 7 heteroatoms. The number of nitro benzene ring substituents is 1. The Hall–Kier alpha value is -1.76. The van der Waals surface area contributed by atoms with Crippen molar-refractivity contribution >= 4 is 11.4 Å². The van der Waals surface area contributed by atoms with Crippen LogP contribution < -0.4 is 5.32 Å². The van der Waals surface area contributed by atoms with Crippen LogP contribution in [0.3, 0.4) is 0 Å². The Balaban J connectivity index is 3.09. The highest BCUT2D eigenvalue weighted by Gasteiger charge is 2.23. The van der Waals surface area contributed by atoms with Crippen LogP contribution in [0.25, 0.3) is 0 Å². The number of anilines is 1. The number of nitrogens with one attached hydrogen (secondary N) is 1. The minimum atomic E-state index is -1.20. The summed E-state index contributed by atoms with van der Waals surface area (Å²) in [6, 6.07) is 1.13. The van der Waals surface area contributed by atoms with Gasteiger partial charge in [0.05, 0.1) is 11.5 Å². The van der Waals surface area contributed by atoms with Gasteiger partial charge in [0.1, 0.15) is 11.5 Å². The maximum Gasteiger partial charge on any atom is 0.327 e. The highest BCUT2D eigenvalue weighted by atomic mass is 19.1. The second-order valence-corrected chi connectivity index (χ2v) is 3.75. The lowest BCUT2D eigenvalue weighted by molar-refractivity contribution is -0.386. The molecule has 0 saturated heterocycles. The number of nitro groups is 1. The maximum absolute atomic E-state index is 13.3. The zero-order valence-corrected chi connectivity index (χ0v) is 10.1. The Kier molecular flexibility index (Phi) is 4.96. The molecule has 0 aliphatic carbocycles. The first kappa shape index (κ1) is 14.3. The first-order chi connectivity index (χ1) is 8.49. The van der Waals surface area contributed by atoms with E-state index in [9.17, 15) is 18.9 Å². The van der Waals surface area contributed by atoms with Gasteiger partial charge in [-0.05, 0) is 6.42 Å². The van der Waals surface area contributed by atoms with E-state index in [-0.39, 0.29) is 18.3 Å². The number of halogens is 2. The second kappa shape index (κ2) is 6.25. The van der Waals surface area contributed by atoms with Crippen LogP contribution in [0.5, 0.6) is 0 Å². The van der Waals surface area contributed by atoms with Crippen molar-refractivity contribution in [3.63, 3.8) is 0 Å². The number of ether oxygens (including phenoxy) is 1. The Bertz CT molecular complexity index is 441. The number of benzene rings is 1. The van der Waals surface area contributed by atoms with Crippen LogP contribution in [0.1, 0.15) is 13.3 Å². The third-order valence-electron chi connectivity index (χ3n) is 2.43. The predicted octanol–water partition coefficient (Wildman–Crippen LogP) is 2.71. The van der Waals surface area contributed by atoms with Crippen molar-refractivity contribution < 1.29 is 18.4 Å². The van der Waals surface area contributed by atoms with Crippen LogP contribution >= 0.6 is 0 Å². The zero-order chi connectivity index (χ0) is 13.7. The highest BCUT2D eigenvalue weighted by molar-refractivity contribution is 5.62. The lowest BCUT2D eigenvalue weighted by Crippen LogP contribution is -2.24. The third kappa shape index (κ3) is 3.36. The summed E-state index contributed by atoms with van der Waals surface area (Å²) in [5, 5.41) is 13.5. The molecule has 100 valence electrons. The molecule has 0 aliphatic rings. The van der Waals surface area contributed by atoms with E-state index in [2.05, 4.69) is 5.32 Å². The van der Waals surface area contributed by atoms with Crippen LogP contribution in [0.2, 0.25) is 0 Å². The SMILES string of the molecule is CCC(COC)Nc1cc(F)cc(F)c1[N+](=O)[O-].